The molecule has 6 heteroatoms. The fraction of sp³-hybridized carbons (Fsp3) is 0.150. The van der Waals surface area contributed by atoms with E-state index in [1.165, 1.54) is 36.4 Å². The second-order valence-corrected chi connectivity index (χ2v) is 8.29. The molecule has 0 N–H and O–H groups in total. The summed E-state index contributed by atoms with van der Waals surface area (Å²) in [4.78, 5) is 12.7. The number of hydrogen-bond acceptors (Lipinski definition) is 4. The van der Waals surface area contributed by atoms with Crippen LogP contribution in [0.5, 0.6) is 0 Å². The number of halogens is 1. The fourth-order valence-corrected chi connectivity index (χ4v) is 3.42. The van der Waals surface area contributed by atoms with E-state index >= 15 is 0 Å². The number of allylic oxidation sites excluding steroid dienone is 2. The van der Waals surface area contributed by atoms with Crippen molar-refractivity contribution >= 4 is 27.0 Å². The lowest BCUT2D eigenvalue weighted by Gasteiger charge is -2.09. The molecule has 0 fully saturated rings. The Morgan fingerprint density at radius 3 is 1.88 bits per heavy atom. The zero-order chi connectivity index (χ0) is 19.1. The molecular formula is C20H17FO4S. The lowest BCUT2D eigenvalue weighted by molar-refractivity contribution is -0.131. The molecule has 0 spiro atoms. The van der Waals surface area contributed by atoms with Crippen molar-refractivity contribution in [1.82, 2.24) is 0 Å². The Kier molecular flexibility index (Phi) is 4.54. The van der Waals surface area contributed by atoms with Crippen molar-refractivity contribution in [1.29, 1.82) is 0 Å². The summed E-state index contributed by atoms with van der Waals surface area (Å²) in [6, 6.07) is 11.9. The maximum atomic E-state index is 13.3. The number of carbonyl (C=O) groups is 1. The van der Waals surface area contributed by atoms with Crippen molar-refractivity contribution in [3.63, 3.8) is 0 Å². The summed E-state index contributed by atoms with van der Waals surface area (Å²) >= 11 is 0. The fourth-order valence-electron chi connectivity index (χ4n) is 2.79. The molecule has 3 rings (SSSR count). The second-order valence-electron chi connectivity index (χ2n) is 6.27. The van der Waals surface area contributed by atoms with Gasteiger partial charge in [-0.15, -0.1) is 0 Å². The molecule has 0 unspecified atom stereocenters. The lowest BCUT2D eigenvalue weighted by atomic mass is 9.94. The molecular weight excluding hydrogens is 355 g/mol. The van der Waals surface area contributed by atoms with Crippen LogP contribution in [0.2, 0.25) is 0 Å². The zero-order valence-electron chi connectivity index (χ0n) is 14.5. The summed E-state index contributed by atoms with van der Waals surface area (Å²) in [7, 11) is -3.32. The normalized spacial score (nSPS) is 14.6. The predicted molar refractivity (Wildman–Crippen MR) is 97.2 cm³/mol. The third kappa shape index (κ3) is 3.32. The van der Waals surface area contributed by atoms with Crippen molar-refractivity contribution < 1.29 is 22.3 Å². The Morgan fingerprint density at radius 1 is 0.885 bits per heavy atom. The highest BCUT2D eigenvalue weighted by atomic mass is 32.2. The molecule has 0 aromatic heterocycles. The smallest absolute Gasteiger partial charge is 0.344 e. The van der Waals surface area contributed by atoms with Crippen LogP contribution in [0.25, 0.3) is 11.1 Å². The minimum absolute atomic E-state index is 0.189. The van der Waals surface area contributed by atoms with Gasteiger partial charge in [0.2, 0.25) is 0 Å². The summed E-state index contributed by atoms with van der Waals surface area (Å²) in [6.07, 6.45) is 1.13. The van der Waals surface area contributed by atoms with Crippen molar-refractivity contribution in [3.05, 3.63) is 76.8 Å². The third-order valence-corrected chi connectivity index (χ3v) is 5.16. The molecule has 134 valence electrons. The number of ether oxygens (including phenoxy) is 1. The number of sulfone groups is 1. The molecule has 0 aliphatic carbocycles. The minimum atomic E-state index is -3.32. The monoisotopic (exact) mass is 372 g/mol. The summed E-state index contributed by atoms with van der Waals surface area (Å²) in [5, 5.41) is 0. The number of carbonyl (C=O) groups excluding carboxylic acids is 1. The van der Waals surface area contributed by atoms with Crippen LogP contribution in [0.3, 0.4) is 0 Å². The van der Waals surface area contributed by atoms with Gasteiger partial charge in [0.1, 0.15) is 11.6 Å². The molecule has 2 aromatic carbocycles. The van der Waals surface area contributed by atoms with Gasteiger partial charge in [0.05, 0.1) is 10.5 Å². The second kappa shape index (κ2) is 6.53. The Bertz CT molecular complexity index is 1040. The molecule has 1 aliphatic heterocycles. The van der Waals surface area contributed by atoms with Crippen LogP contribution in [0.4, 0.5) is 4.39 Å². The van der Waals surface area contributed by atoms with Crippen molar-refractivity contribution in [2.24, 2.45) is 0 Å². The van der Waals surface area contributed by atoms with Crippen LogP contribution in [-0.4, -0.2) is 20.6 Å². The van der Waals surface area contributed by atoms with Gasteiger partial charge in [0.15, 0.2) is 9.84 Å². The van der Waals surface area contributed by atoms with E-state index in [1.54, 1.807) is 12.1 Å². The third-order valence-electron chi connectivity index (χ3n) is 4.03. The topological polar surface area (TPSA) is 60.4 Å². The summed E-state index contributed by atoms with van der Waals surface area (Å²) in [5.74, 6) is -0.487. The van der Waals surface area contributed by atoms with E-state index in [9.17, 15) is 17.6 Å². The first-order chi connectivity index (χ1) is 12.2. The van der Waals surface area contributed by atoms with Gasteiger partial charge in [0.25, 0.3) is 0 Å². The number of hydrogen-bond donors (Lipinski definition) is 0. The molecule has 0 amide bonds. The van der Waals surface area contributed by atoms with E-state index in [2.05, 4.69) is 0 Å². The highest BCUT2D eigenvalue weighted by Gasteiger charge is 2.32. The van der Waals surface area contributed by atoms with E-state index in [4.69, 9.17) is 4.74 Å². The number of esters is 1. The first-order valence-corrected chi connectivity index (χ1v) is 9.78. The quantitative estimate of drug-likeness (QED) is 0.765. The van der Waals surface area contributed by atoms with Crippen LogP contribution >= 0.6 is 0 Å². The van der Waals surface area contributed by atoms with Crippen LogP contribution in [0, 0.1) is 5.82 Å². The molecule has 0 atom stereocenters. The van der Waals surface area contributed by atoms with Gasteiger partial charge in [-0.25, -0.2) is 17.6 Å². The van der Waals surface area contributed by atoms with Crippen molar-refractivity contribution in [2.75, 3.05) is 6.26 Å². The van der Waals surface area contributed by atoms with E-state index in [0.717, 1.165) is 11.8 Å². The highest BCUT2D eigenvalue weighted by Crippen LogP contribution is 2.41. The van der Waals surface area contributed by atoms with Crippen LogP contribution in [0.1, 0.15) is 25.0 Å². The molecule has 4 nitrogen and oxygen atoms in total. The van der Waals surface area contributed by atoms with E-state index in [1.807, 2.05) is 13.8 Å². The van der Waals surface area contributed by atoms with Crippen LogP contribution in [0.15, 0.2) is 64.8 Å². The van der Waals surface area contributed by atoms with Gasteiger partial charge in [-0.1, -0.05) is 24.3 Å². The molecule has 1 heterocycles. The molecule has 1 aliphatic rings. The minimum Gasteiger partial charge on any atom is -0.422 e. The maximum absolute atomic E-state index is 13.3. The summed E-state index contributed by atoms with van der Waals surface area (Å²) in [6.45, 7) is 3.64. The van der Waals surface area contributed by atoms with Gasteiger partial charge in [-0.3, -0.25) is 0 Å². The van der Waals surface area contributed by atoms with Gasteiger partial charge in [-0.05, 0) is 54.8 Å². The Labute approximate surface area is 151 Å². The van der Waals surface area contributed by atoms with Gasteiger partial charge in [-0.2, -0.15) is 0 Å². The molecule has 26 heavy (non-hydrogen) atoms. The average Bonchev–Trinajstić information content (AvgIpc) is 2.92. The molecule has 2 aromatic rings. The standard InChI is InChI=1S/C20H17FO4S/c1-12(2)19-17(13-6-10-16(11-7-13)26(3,23)24)18(20(22)25-19)14-4-8-15(21)9-5-14/h4-11H,1-3H3. The van der Waals surface area contributed by atoms with E-state index in [-0.39, 0.29) is 4.90 Å². The summed E-state index contributed by atoms with van der Waals surface area (Å²) in [5.41, 5.74) is 2.89. The maximum Gasteiger partial charge on any atom is 0.344 e. The first kappa shape index (κ1) is 18.1. The first-order valence-electron chi connectivity index (χ1n) is 7.89. The van der Waals surface area contributed by atoms with Gasteiger partial charge in [0, 0.05) is 11.8 Å². The number of rotatable bonds is 3. The Morgan fingerprint density at radius 2 is 1.38 bits per heavy atom. The molecule has 0 bridgehead atoms. The predicted octanol–water partition coefficient (Wildman–Crippen LogP) is 3.99. The van der Waals surface area contributed by atoms with Crippen LogP contribution < -0.4 is 0 Å². The number of cyclic esters (lactones) is 1. The van der Waals surface area contributed by atoms with Crippen molar-refractivity contribution in [3.8, 4) is 0 Å². The van der Waals surface area contributed by atoms with Crippen LogP contribution in [-0.2, 0) is 19.4 Å². The van der Waals surface area contributed by atoms with E-state index < -0.39 is 21.6 Å². The van der Waals surface area contributed by atoms with Crippen molar-refractivity contribution in [2.45, 2.75) is 18.7 Å². The SMILES string of the molecule is CC(C)=C1OC(=O)C(c2ccc(F)cc2)=C1c1ccc(S(C)(=O)=O)cc1. The molecule has 0 saturated heterocycles. The lowest BCUT2D eigenvalue weighted by Crippen LogP contribution is -1.99. The van der Waals surface area contributed by atoms with Gasteiger partial charge >= 0.3 is 5.97 Å². The Hall–Kier alpha value is -2.73. The Balaban J connectivity index is 2.24. The molecule has 0 radical (unpaired) electrons. The van der Waals surface area contributed by atoms with E-state index in [0.29, 0.717) is 28.0 Å². The van der Waals surface area contributed by atoms with Gasteiger partial charge < -0.3 is 4.74 Å². The molecule has 0 saturated carbocycles. The average molecular weight is 372 g/mol. The highest BCUT2D eigenvalue weighted by molar-refractivity contribution is 7.90. The largest absolute Gasteiger partial charge is 0.422 e. The summed E-state index contributed by atoms with van der Waals surface area (Å²) < 4.78 is 42.0. The zero-order valence-corrected chi connectivity index (χ0v) is 15.4. The number of benzene rings is 2.